The average molecular weight is 270 g/mol. The number of likely N-dealkylation sites (tertiary alicyclic amines) is 1. The first kappa shape index (κ1) is 13.3. The van der Waals surface area contributed by atoms with Crippen molar-refractivity contribution in [3.05, 3.63) is 47.5 Å². The van der Waals surface area contributed by atoms with Gasteiger partial charge in [-0.2, -0.15) is 5.10 Å². The normalized spacial score (nSPS) is 20.2. The standard InChI is InChI=1S/C16H22N4/c1-13-5-6-15(8-14(13)2)9-19-7-3-4-16(10-19)20-12-17-11-18-20/h5-6,8,11-12,16H,3-4,7,9-10H2,1-2H3/t16-/m1/s1. The summed E-state index contributed by atoms with van der Waals surface area (Å²) in [5.74, 6) is 0. The van der Waals surface area contributed by atoms with Crippen molar-refractivity contribution < 1.29 is 0 Å². The molecule has 20 heavy (non-hydrogen) atoms. The van der Waals surface area contributed by atoms with Crippen LogP contribution in [0.2, 0.25) is 0 Å². The Bertz CT molecular complexity index is 562. The summed E-state index contributed by atoms with van der Waals surface area (Å²) in [4.78, 5) is 6.59. The van der Waals surface area contributed by atoms with Crippen molar-refractivity contribution in [2.45, 2.75) is 39.3 Å². The highest BCUT2D eigenvalue weighted by atomic mass is 15.3. The molecule has 0 amide bonds. The highest BCUT2D eigenvalue weighted by Gasteiger charge is 2.21. The maximum Gasteiger partial charge on any atom is 0.137 e. The number of nitrogens with zero attached hydrogens (tertiary/aromatic N) is 4. The summed E-state index contributed by atoms with van der Waals surface area (Å²) in [7, 11) is 0. The maximum atomic E-state index is 4.29. The third-order valence-corrected chi connectivity index (χ3v) is 4.27. The molecule has 1 atom stereocenters. The summed E-state index contributed by atoms with van der Waals surface area (Å²) in [6, 6.07) is 7.26. The van der Waals surface area contributed by atoms with Gasteiger partial charge in [-0.15, -0.1) is 0 Å². The van der Waals surface area contributed by atoms with E-state index < -0.39 is 0 Å². The van der Waals surface area contributed by atoms with E-state index in [9.17, 15) is 0 Å². The zero-order valence-electron chi connectivity index (χ0n) is 12.3. The lowest BCUT2D eigenvalue weighted by Crippen LogP contribution is -2.36. The first-order valence-electron chi connectivity index (χ1n) is 7.35. The van der Waals surface area contributed by atoms with E-state index in [0.29, 0.717) is 6.04 Å². The van der Waals surface area contributed by atoms with E-state index in [4.69, 9.17) is 0 Å². The molecule has 1 saturated heterocycles. The molecule has 4 nitrogen and oxygen atoms in total. The third kappa shape index (κ3) is 2.90. The second-order valence-electron chi connectivity index (χ2n) is 5.83. The Kier molecular flexibility index (Phi) is 3.83. The molecule has 0 N–H and O–H groups in total. The van der Waals surface area contributed by atoms with Crippen LogP contribution < -0.4 is 0 Å². The van der Waals surface area contributed by atoms with Gasteiger partial charge in [0.1, 0.15) is 12.7 Å². The summed E-state index contributed by atoms with van der Waals surface area (Å²) in [5.41, 5.74) is 4.16. The van der Waals surface area contributed by atoms with Crippen LogP contribution in [0, 0.1) is 13.8 Å². The zero-order valence-corrected chi connectivity index (χ0v) is 12.3. The van der Waals surface area contributed by atoms with Crippen molar-refractivity contribution in [1.29, 1.82) is 0 Å². The van der Waals surface area contributed by atoms with E-state index in [2.05, 4.69) is 47.0 Å². The predicted octanol–water partition coefficient (Wildman–Crippen LogP) is 2.73. The minimum Gasteiger partial charge on any atom is -0.297 e. The van der Waals surface area contributed by atoms with E-state index in [-0.39, 0.29) is 0 Å². The molecule has 1 aromatic carbocycles. The molecular formula is C16H22N4. The van der Waals surface area contributed by atoms with Gasteiger partial charge in [0, 0.05) is 13.1 Å². The Hall–Kier alpha value is -1.68. The highest BCUT2D eigenvalue weighted by molar-refractivity contribution is 5.29. The van der Waals surface area contributed by atoms with Gasteiger partial charge < -0.3 is 0 Å². The molecule has 2 aromatic rings. The molecule has 2 heterocycles. The van der Waals surface area contributed by atoms with Crippen LogP contribution >= 0.6 is 0 Å². The van der Waals surface area contributed by atoms with Crippen molar-refractivity contribution in [1.82, 2.24) is 19.7 Å². The molecule has 1 fully saturated rings. The van der Waals surface area contributed by atoms with Crippen LogP contribution in [0.1, 0.15) is 35.6 Å². The molecule has 0 aliphatic carbocycles. The molecule has 0 radical (unpaired) electrons. The summed E-state index contributed by atoms with van der Waals surface area (Å²) >= 11 is 0. The molecule has 106 valence electrons. The van der Waals surface area contributed by atoms with Gasteiger partial charge in [-0.25, -0.2) is 9.67 Å². The highest BCUT2D eigenvalue weighted by Crippen LogP contribution is 2.22. The average Bonchev–Trinajstić information content (AvgIpc) is 2.97. The van der Waals surface area contributed by atoms with Gasteiger partial charge in [0.25, 0.3) is 0 Å². The fourth-order valence-corrected chi connectivity index (χ4v) is 2.96. The van der Waals surface area contributed by atoms with Crippen LogP contribution in [-0.4, -0.2) is 32.8 Å². The topological polar surface area (TPSA) is 34.0 Å². The molecule has 0 bridgehead atoms. The van der Waals surface area contributed by atoms with Crippen LogP contribution in [0.3, 0.4) is 0 Å². The molecule has 0 spiro atoms. The number of piperidine rings is 1. The lowest BCUT2D eigenvalue weighted by atomic mass is 10.0. The number of hydrogen-bond acceptors (Lipinski definition) is 3. The van der Waals surface area contributed by atoms with Crippen molar-refractivity contribution in [3.63, 3.8) is 0 Å². The zero-order chi connectivity index (χ0) is 13.9. The van der Waals surface area contributed by atoms with Gasteiger partial charge >= 0.3 is 0 Å². The number of aryl methyl sites for hydroxylation is 2. The van der Waals surface area contributed by atoms with Crippen LogP contribution in [0.15, 0.2) is 30.9 Å². The molecule has 1 aliphatic rings. The quantitative estimate of drug-likeness (QED) is 0.860. The first-order valence-corrected chi connectivity index (χ1v) is 7.35. The Balaban J connectivity index is 1.66. The van der Waals surface area contributed by atoms with Crippen LogP contribution in [-0.2, 0) is 6.54 Å². The summed E-state index contributed by atoms with van der Waals surface area (Å²) in [6.45, 7) is 7.63. The minimum atomic E-state index is 0.470. The van der Waals surface area contributed by atoms with Gasteiger partial charge in [-0.3, -0.25) is 4.90 Å². The monoisotopic (exact) mass is 270 g/mol. The van der Waals surface area contributed by atoms with Crippen molar-refractivity contribution in [2.75, 3.05) is 13.1 Å². The summed E-state index contributed by atoms with van der Waals surface area (Å²) in [5, 5.41) is 4.29. The minimum absolute atomic E-state index is 0.470. The van der Waals surface area contributed by atoms with E-state index in [1.807, 2.05) is 11.0 Å². The molecule has 1 aliphatic heterocycles. The molecule has 4 heteroatoms. The third-order valence-electron chi connectivity index (χ3n) is 4.27. The van der Waals surface area contributed by atoms with Gasteiger partial charge in [0.15, 0.2) is 0 Å². The van der Waals surface area contributed by atoms with E-state index in [1.165, 1.54) is 36.1 Å². The SMILES string of the molecule is Cc1ccc(CN2CCC[C@@H](n3cncn3)C2)cc1C. The molecular weight excluding hydrogens is 248 g/mol. The van der Waals surface area contributed by atoms with Crippen molar-refractivity contribution >= 4 is 0 Å². The fourth-order valence-electron chi connectivity index (χ4n) is 2.96. The summed E-state index contributed by atoms with van der Waals surface area (Å²) in [6.07, 6.45) is 5.90. The second kappa shape index (κ2) is 5.75. The smallest absolute Gasteiger partial charge is 0.137 e. The largest absolute Gasteiger partial charge is 0.297 e. The Morgan fingerprint density at radius 1 is 1.25 bits per heavy atom. The van der Waals surface area contributed by atoms with Gasteiger partial charge in [0.2, 0.25) is 0 Å². The van der Waals surface area contributed by atoms with E-state index in [0.717, 1.165) is 13.1 Å². The van der Waals surface area contributed by atoms with Crippen LogP contribution in [0.4, 0.5) is 0 Å². The van der Waals surface area contributed by atoms with E-state index >= 15 is 0 Å². The number of rotatable bonds is 3. The Morgan fingerprint density at radius 3 is 2.90 bits per heavy atom. The van der Waals surface area contributed by atoms with Gasteiger partial charge in [-0.1, -0.05) is 18.2 Å². The lowest BCUT2D eigenvalue weighted by Gasteiger charge is -2.32. The molecule has 1 aromatic heterocycles. The maximum absolute atomic E-state index is 4.29. The summed E-state index contributed by atoms with van der Waals surface area (Å²) < 4.78 is 2.01. The van der Waals surface area contributed by atoms with Gasteiger partial charge in [-0.05, 0) is 49.9 Å². The van der Waals surface area contributed by atoms with Crippen LogP contribution in [0.25, 0.3) is 0 Å². The van der Waals surface area contributed by atoms with Crippen LogP contribution in [0.5, 0.6) is 0 Å². The number of hydrogen-bond donors (Lipinski definition) is 0. The molecule has 0 unspecified atom stereocenters. The van der Waals surface area contributed by atoms with Crippen molar-refractivity contribution in [3.8, 4) is 0 Å². The first-order chi connectivity index (χ1) is 9.72. The second-order valence-corrected chi connectivity index (χ2v) is 5.83. The van der Waals surface area contributed by atoms with Crippen molar-refractivity contribution in [2.24, 2.45) is 0 Å². The molecule has 0 saturated carbocycles. The lowest BCUT2D eigenvalue weighted by molar-refractivity contribution is 0.163. The number of benzene rings is 1. The molecule has 3 rings (SSSR count). The van der Waals surface area contributed by atoms with Gasteiger partial charge in [0.05, 0.1) is 6.04 Å². The Labute approximate surface area is 120 Å². The van der Waals surface area contributed by atoms with E-state index in [1.54, 1.807) is 6.33 Å². The predicted molar refractivity (Wildman–Crippen MR) is 79.5 cm³/mol. The Morgan fingerprint density at radius 2 is 2.15 bits per heavy atom. The fraction of sp³-hybridized carbons (Fsp3) is 0.500. The number of aromatic nitrogens is 3.